The monoisotopic (exact) mass is 255 g/mol. The number of hydrogen-bond donors (Lipinski definition) is 1. The molecule has 0 spiro atoms. The Kier molecular flexibility index (Phi) is 3.90. The van der Waals surface area contributed by atoms with Crippen molar-refractivity contribution in [3.63, 3.8) is 0 Å². The third kappa shape index (κ3) is 2.36. The van der Waals surface area contributed by atoms with Crippen molar-refractivity contribution in [1.82, 2.24) is 4.90 Å². The zero-order valence-electron chi connectivity index (χ0n) is 10.9. The molecule has 18 heavy (non-hydrogen) atoms. The summed E-state index contributed by atoms with van der Waals surface area (Å²) in [6, 6.07) is 0. The molecule has 0 bridgehead atoms. The molecule has 1 N–H and O–H groups in total. The number of nitrogens with zero attached hydrogens (tertiary/aromatic N) is 1. The summed E-state index contributed by atoms with van der Waals surface area (Å²) in [5, 5.41) is 9.38. The van der Waals surface area contributed by atoms with Gasteiger partial charge in [-0.25, -0.2) is 0 Å². The lowest BCUT2D eigenvalue weighted by Crippen LogP contribution is -2.52. The first-order valence-electron chi connectivity index (χ1n) is 6.73. The lowest BCUT2D eigenvalue weighted by molar-refractivity contribution is -0.157. The molecule has 2 aliphatic heterocycles. The molecule has 2 aliphatic rings. The van der Waals surface area contributed by atoms with E-state index in [0.29, 0.717) is 32.5 Å². The minimum absolute atomic E-state index is 0.0220. The number of carboxylic acid groups (broad SMARTS) is 1. The van der Waals surface area contributed by atoms with Crippen molar-refractivity contribution in [3.8, 4) is 0 Å². The van der Waals surface area contributed by atoms with Crippen LogP contribution in [0.5, 0.6) is 0 Å². The lowest BCUT2D eigenvalue weighted by atomic mass is 9.77. The average Bonchev–Trinajstić information content (AvgIpc) is 2.91. The van der Waals surface area contributed by atoms with E-state index < -0.39 is 11.4 Å². The van der Waals surface area contributed by atoms with E-state index >= 15 is 0 Å². The van der Waals surface area contributed by atoms with Crippen molar-refractivity contribution in [2.45, 2.75) is 45.1 Å². The van der Waals surface area contributed by atoms with Crippen LogP contribution < -0.4 is 0 Å². The van der Waals surface area contributed by atoms with Crippen molar-refractivity contribution >= 4 is 11.9 Å². The Bertz CT molecular complexity index is 338. The van der Waals surface area contributed by atoms with Gasteiger partial charge in [-0.05, 0) is 32.1 Å². The molecule has 2 rings (SSSR count). The normalized spacial score (nSPS) is 32.5. The van der Waals surface area contributed by atoms with E-state index in [1.807, 2.05) is 6.92 Å². The minimum Gasteiger partial charge on any atom is -0.481 e. The van der Waals surface area contributed by atoms with Gasteiger partial charge < -0.3 is 14.7 Å². The summed E-state index contributed by atoms with van der Waals surface area (Å²) in [6.45, 7) is 3.52. The molecule has 0 aromatic heterocycles. The number of hydrogen-bond acceptors (Lipinski definition) is 3. The number of rotatable bonds is 3. The van der Waals surface area contributed by atoms with Gasteiger partial charge in [0.25, 0.3) is 5.91 Å². The molecule has 5 nitrogen and oxygen atoms in total. The van der Waals surface area contributed by atoms with Gasteiger partial charge in [0.2, 0.25) is 0 Å². The maximum atomic E-state index is 12.2. The zero-order chi connectivity index (χ0) is 13.2. The number of piperidine rings is 1. The lowest BCUT2D eigenvalue weighted by Gasteiger charge is -2.40. The highest BCUT2D eigenvalue weighted by Gasteiger charge is 2.43. The van der Waals surface area contributed by atoms with Gasteiger partial charge in [-0.1, -0.05) is 6.92 Å². The average molecular weight is 255 g/mol. The third-order valence-electron chi connectivity index (χ3n) is 4.22. The smallest absolute Gasteiger partial charge is 0.311 e. The molecule has 2 heterocycles. The minimum atomic E-state index is -0.783. The summed E-state index contributed by atoms with van der Waals surface area (Å²) in [5.41, 5.74) is -0.757. The highest BCUT2D eigenvalue weighted by atomic mass is 16.5. The van der Waals surface area contributed by atoms with Crippen molar-refractivity contribution in [3.05, 3.63) is 0 Å². The van der Waals surface area contributed by atoms with E-state index in [4.69, 9.17) is 4.74 Å². The Hall–Kier alpha value is -1.10. The van der Waals surface area contributed by atoms with E-state index in [2.05, 4.69) is 0 Å². The second kappa shape index (κ2) is 5.26. The van der Waals surface area contributed by atoms with Crippen LogP contribution in [0.4, 0.5) is 0 Å². The van der Waals surface area contributed by atoms with E-state index in [1.165, 1.54) is 0 Å². The van der Waals surface area contributed by atoms with Crippen LogP contribution >= 0.6 is 0 Å². The Morgan fingerprint density at radius 1 is 1.44 bits per heavy atom. The summed E-state index contributed by atoms with van der Waals surface area (Å²) in [6.07, 6.45) is 3.33. The maximum absolute atomic E-state index is 12.2. The summed E-state index contributed by atoms with van der Waals surface area (Å²) in [5.74, 6) is -0.805. The highest BCUT2D eigenvalue weighted by molar-refractivity contribution is 5.83. The first kappa shape index (κ1) is 13.3. The maximum Gasteiger partial charge on any atom is 0.311 e. The van der Waals surface area contributed by atoms with Crippen molar-refractivity contribution < 1.29 is 19.4 Å². The molecule has 1 amide bonds. The van der Waals surface area contributed by atoms with Gasteiger partial charge in [0, 0.05) is 19.7 Å². The SMILES string of the molecule is CCC1(C(=O)O)CCCN(C(=O)[C@H]2CCCO2)C1. The highest BCUT2D eigenvalue weighted by Crippen LogP contribution is 2.34. The van der Waals surface area contributed by atoms with Crippen LogP contribution in [-0.2, 0) is 14.3 Å². The zero-order valence-corrected chi connectivity index (χ0v) is 10.9. The second-order valence-corrected chi connectivity index (χ2v) is 5.30. The quantitative estimate of drug-likeness (QED) is 0.824. The summed E-state index contributed by atoms with van der Waals surface area (Å²) < 4.78 is 5.39. The van der Waals surface area contributed by atoms with Gasteiger partial charge in [0.1, 0.15) is 6.10 Å². The fourth-order valence-corrected chi connectivity index (χ4v) is 2.91. The number of ether oxygens (including phenoxy) is 1. The van der Waals surface area contributed by atoms with E-state index in [-0.39, 0.29) is 12.0 Å². The van der Waals surface area contributed by atoms with Crippen LogP contribution in [-0.4, -0.2) is 47.7 Å². The van der Waals surface area contributed by atoms with Gasteiger partial charge in [-0.15, -0.1) is 0 Å². The number of aliphatic carboxylic acids is 1. The molecule has 2 fully saturated rings. The van der Waals surface area contributed by atoms with Crippen LogP contribution in [0.3, 0.4) is 0 Å². The summed E-state index contributed by atoms with van der Waals surface area (Å²) >= 11 is 0. The van der Waals surface area contributed by atoms with E-state index in [0.717, 1.165) is 19.3 Å². The number of carbonyl (C=O) groups is 2. The number of carboxylic acids is 1. The first-order valence-corrected chi connectivity index (χ1v) is 6.73. The predicted molar refractivity (Wildman–Crippen MR) is 65.1 cm³/mol. The van der Waals surface area contributed by atoms with E-state index in [1.54, 1.807) is 4.90 Å². The third-order valence-corrected chi connectivity index (χ3v) is 4.22. The Morgan fingerprint density at radius 3 is 2.78 bits per heavy atom. The molecule has 2 saturated heterocycles. The second-order valence-electron chi connectivity index (χ2n) is 5.30. The Labute approximate surface area is 107 Å². The molecule has 0 aromatic rings. The summed E-state index contributed by atoms with van der Waals surface area (Å²) in [7, 11) is 0. The molecule has 0 radical (unpaired) electrons. The van der Waals surface area contributed by atoms with E-state index in [9.17, 15) is 14.7 Å². The predicted octanol–water partition coefficient (Wildman–Crippen LogP) is 1.27. The molecule has 1 unspecified atom stereocenters. The first-order chi connectivity index (χ1) is 8.59. The van der Waals surface area contributed by atoms with Crippen LogP contribution in [0.25, 0.3) is 0 Å². The van der Waals surface area contributed by atoms with Crippen molar-refractivity contribution in [2.75, 3.05) is 19.7 Å². The fraction of sp³-hybridized carbons (Fsp3) is 0.846. The van der Waals surface area contributed by atoms with Gasteiger partial charge in [0.05, 0.1) is 5.41 Å². The van der Waals surface area contributed by atoms with Crippen LogP contribution in [0.15, 0.2) is 0 Å². The molecule has 102 valence electrons. The molecule has 0 saturated carbocycles. The van der Waals surface area contributed by atoms with Crippen LogP contribution in [0, 0.1) is 5.41 Å². The van der Waals surface area contributed by atoms with Crippen molar-refractivity contribution in [1.29, 1.82) is 0 Å². The summed E-state index contributed by atoms with van der Waals surface area (Å²) in [4.78, 5) is 25.4. The Morgan fingerprint density at radius 2 is 2.22 bits per heavy atom. The molecular weight excluding hydrogens is 234 g/mol. The van der Waals surface area contributed by atoms with Crippen molar-refractivity contribution in [2.24, 2.45) is 5.41 Å². The topological polar surface area (TPSA) is 66.8 Å². The standard InChI is InChI=1S/C13H21NO4/c1-2-13(12(16)17)6-4-7-14(9-13)11(15)10-5-3-8-18-10/h10H,2-9H2,1H3,(H,16,17)/t10-,13?/m1/s1. The van der Waals surface area contributed by atoms with Crippen LogP contribution in [0.2, 0.25) is 0 Å². The Balaban J connectivity index is 2.05. The molecule has 0 aliphatic carbocycles. The van der Waals surface area contributed by atoms with Gasteiger partial charge in [-0.3, -0.25) is 9.59 Å². The number of likely N-dealkylation sites (tertiary alicyclic amines) is 1. The van der Waals surface area contributed by atoms with Crippen LogP contribution in [0.1, 0.15) is 39.0 Å². The number of amides is 1. The molecule has 0 aromatic carbocycles. The largest absolute Gasteiger partial charge is 0.481 e. The van der Waals surface area contributed by atoms with Gasteiger partial charge >= 0.3 is 5.97 Å². The van der Waals surface area contributed by atoms with Gasteiger partial charge in [-0.2, -0.15) is 0 Å². The molecule has 5 heteroatoms. The molecular formula is C13H21NO4. The van der Waals surface area contributed by atoms with Gasteiger partial charge in [0.15, 0.2) is 0 Å². The fourth-order valence-electron chi connectivity index (χ4n) is 2.91. The molecule has 2 atom stereocenters. The number of carbonyl (C=O) groups excluding carboxylic acids is 1.